The second kappa shape index (κ2) is 6.35. The summed E-state index contributed by atoms with van der Waals surface area (Å²) in [5.41, 5.74) is 0. The van der Waals surface area contributed by atoms with Crippen molar-refractivity contribution in [3.8, 4) is 0 Å². The highest BCUT2D eigenvalue weighted by atomic mass is 32.2. The summed E-state index contributed by atoms with van der Waals surface area (Å²) < 4.78 is 23.4. The predicted octanol–water partition coefficient (Wildman–Crippen LogP) is -0.121. The van der Waals surface area contributed by atoms with Gasteiger partial charge in [0.1, 0.15) is 5.75 Å². The van der Waals surface area contributed by atoms with E-state index in [1.165, 1.54) is 0 Å². The standard InChI is InChI=1S/C11H22N2O3S/c1-10(2)8-17(15,16)9-11(14)13-6-3-4-12-5-7-13/h10,12H,3-9H2,1-2H3. The van der Waals surface area contributed by atoms with Crippen LogP contribution in [-0.4, -0.2) is 56.9 Å². The van der Waals surface area contributed by atoms with E-state index in [1.54, 1.807) is 4.90 Å². The highest BCUT2D eigenvalue weighted by Crippen LogP contribution is 2.04. The molecule has 0 aliphatic carbocycles. The van der Waals surface area contributed by atoms with Crippen LogP contribution in [0, 0.1) is 5.92 Å². The first-order chi connectivity index (χ1) is 7.91. The molecular weight excluding hydrogens is 240 g/mol. The van der Waals surface area contributed by atoms with E-state index in [1.807, 2.05) is 13.8 Å². The Kier molecular flexibility index (Phi) is 5.39. The van der Waals surface area contributed by atoms with E-state index in [0.717, 1.165) is 19.5 Å². The molecule has 1 aliphatic heterocycles. The molecule has 0 atom stereocenters. The average molecular weight is 262 g/mol. The van der Waals surface area contributed by atoms with E-state index in [0.29, 0.717) is 13.1 Å². The predicted molar refractivity (Wildman–Crippen MR) is 67.6 cm³/mol. The maximum atomic E-state index is 11.9. The summed E-state index contributed by atoms with van der Waals surface area (Å²) in [6, 6.07) is 0. The van der Waals surface area contributed by atoms with Gasteiger partial charge in [-0.3, -0.25) is 4.79 Å². The molecule has 1 rings (SSSR count). The minimum atomic E-state index is -3.25. The Morgan fingerprint density at radius 1 is 1.29 bits per heavy atom. The topological polar surface area (TPSA) is 66.5 Å². The fraction of sp³-hybridized carbons (Fsp3) is 0.909. The van der Waals surface area contributed by atoms with Gasteiger partial charge in [0.2, 0.25) is 5.91 Å². The van der Waals surface area contributed by atoms with E-state index in [2.05, 4.69) is 5.32 Å². The van der Waals surface area contributed by atoms with Gasteiger partial charge in [0.15, 0.2) is 9.84 Å². The first kappa shape index (κ1) is 14.4. The van der Waals surface area contributed by atoms with Crippen LogP contribution in [0.2, 0.25) is 0 Å². The number of hydrogen-bond donors (Lipinski definition) is 1. The van der Waals surface area contributed by atoms with E-state index in [9.17, 15) is 13.2 Å². The van der Waals surface area contributed by atoms with Gasteiger partial charge >= 0.3 is 0 Å². The molecule has 0 aromatic heterocycles. The molecule has 1 saturated heterocycles. The number of carbonyl (C=O) groups is 1. The first-order valence-electron chi connectivity index (χ1n) is 6.09. The summed E-state index contributed by atoms with van der Waals surface area (Å²) in [7, 11) is -3.25. The van der Waals surface area contributed by atoms with Crippen LogP contribution in [0.1, 0.15) is 20.3 Å². The second-order valence-electron chi connectivity index (χ2n) is 4.93. The molecule has 1 heterocycles. The van der Waals surface area contributed by atoms with Gasteiger partial charge in [-0.1, -0.05) is 13.8 Å². The summed E-state index contributed by atoms with van der Waals surface area (Å²) in [5, 5.41) is 3.18. The van der Waals surface area contributed by atoms with E-state index >= 15 is 0 Å². The fourth-order valence-electron chi connectivity index (χ4n) is 1.94. The first-order valence-corrected chi connectivity index (χ1v) is 7.92. The van der Waals surface area contributed by atoms with Gasteiger partial charge < -0.3 is 10.2 Å². The zero-order valence-electron chi connectivity index (χ0n) is 10.6. The maximum Gasteiger partial charge on any atom is 0.237 e. The molecule has 0 aromatic rings. The lowest BCUT2D eigenvalue weighted by Crippen LogP contribution is -2.38. The Hall–Kier alpha value is -0.620. The molecular formula is C11H22N2O3S. The second-order valence-corrected chi connectivity index (χ2v) is 7.04. The summed E-state index contributed by atoms with van der Waals surface area (Å²) >= 11 is 0. The number of hydrogen-bond acceptors (Lipinski definition) is 4. The smallest absolute Gasteiger partial charge is 0.237 e. The molecule has 5 nitrogen and oxygen atoms in total. The van der Waals surface area contributed by atoms with Gasteiger partial charge in [-0.25, -0.2) is 8.42 Å². The lowest BCUT2D eigenvalue weighted by molar-refractivity contribution is -0.128. The van der Waals surface area contributed by atoms with Crippen LogP contribution in [-0.2, 0) is 14.6 Å². The molecule has 1 N–H and O–H groups in total. The lowest BCUT2D eigenvalue weighted by atomic mass is 10.3. The maximum absolute atomic E-state index is 11.9. The Labute approximate surface area is 103 Å². The minimum Gasteiger partial charge on any atom is -0.340 e. The Morgan fingerprint density at radius 2 is 2.00 bits per heavy atom. The fourth-order valence-corrected chi connectivity index (χ4v) is 3.63. The molecule has 17 heavy (non-hydrogen) atoms. The largest absolute Gasteiger partial charge is 0.340 e. The number of nitrogens with zero attached hydrogens (tertiary/aromatic N) is 1. The van der Waals surface area contributed by atoms with Crippen molar-refractivity contribution in [2.75, 3.05) is 37.7 Å². The summed E-state index contributed by atoms with van der Waals surface area (Å²) in [4.78, 5) is 13.5. The van der Waals surface area contributed by atoms with Gasteiger partial charge in [0.05, 0.1) is 5.75 Å². The van der Waals surface area contributed by atoms with Gasteiger partial charge in [-0.05, 0) is 18.9 Å². The van der Waals surface area contributed by atoms with Crippen LogP contribution in [0.3, 0.4) is 0 Å². The van der Waals surface area contributed by atoms with Gasteiger partial charge in [0, 0.05) is 19.6 Å². The third kappa shape index (κ3) is 5.50. The highest BCUT2D eigenvalue weighted by molar-refractivity contribution is 7.92. The monoisotopic (exact) mass is 262 g/mol. The zero-order valence-corrected chi connectivity index (χ0v) is 11.4. The molecule has 0 saturated carbocycles. The van der Waals surface area contributed by atoms with Crippen LogP contribution >= 0.6 is 0 Å². The van der Waals surface area contributed by atoms with Crippen molar-refractivity contribution < 1.29 is 13.2 Å². The number of amides is 1. The average Bonchev–Trinajstić information content (AvgIpc) is 2.41. The Morgan fingerprint density at radius 3 is 2.65 bits per heavy atom. The molecule has 1 fully saturated rings. The molecule has 1 amide bonds. The molecule has 1 aliphatic rings. The Bertz CT molecular complexity index is 344. The van der Waals surface area contributed by atoms with Crippen molar-refractivity contribution in [1.82, 2.24) is 10.2 Å². The molecule has 0 aromatic carbocycles. The van der Waals surface area contributed by atoms with Crippen molar-refractivity contribution in [3.05, 3.63) is 0 Å². The van der Waals surface area contributed by atoms with Crippen molar-refractivity contribution in [1.29, 1.82) is 0 Å². The Balaban J connectivity index is 2.52. The number of carbonyl (C=O) groups excluding carboxylic acids is 1. The van der Waals surface area contributed by atoms with E-state index < -0.39 is 9.84 Å². The lowest BCUT2D eigenvalue weighted by Gasteiger charge is -2.20. The number of rotatable bonds is 4. The third-order valence-electron chi connectivity index (χ3n) is 2.62. The quantitative estimate of drug-likeness (QED) is 0.767. The van der Waals surface area contributed by atoms with Crippen LogP contribution in [0.15, 0.2) is 0 Å². The molecule has 0 unspecified atom stereocenters. The summed E-state index contributed by atoms with van der Waals surface area (Å²) in [5.74, 6) is -0.441. The molecule has 0 bridgehead atoms. The zero-order chi connectivity index (χ0) is 12.9. The molecule has 0 radical (unpaired) electrons. The SMILES string of the molecule is CC(C)CS(=O)(=O)CC(=O)N1CCCNCC1. The van der Waals surface area contributed by atoms with Crippen molar-refractivity contribution in [2.45, 2.75) is 20.3 Å². The minimum absolute atomic E-state index is 0.0681. The van der Waals surface area contributed by atoms with Gasteiger partial charge in [-0.2, -0.15) is 0 Å². The highest BCUT2D eigenvalue weighted by Gasteiger charge is 2.23. The van der Waals surface area contributed by atoms with E-state index in [-0.39, 0.29) is 23.3 Å². The summed E-state index contributed by atoms with van der Waals surface area (Å²) in [6.45, 7) is 6.59. The molecule has 0 spiro atoms. The van der Waals surface area contributed by atoms with E-state index in [4.69, 9.17) is 0 Å². The van der Waals surface area contributed by atoms with Gasteiger partial charge in [0.25, 0.3) is 0 Å². The summed E-state index contributed by atoms with van der Waals surface area (Å²) in [6.07, 6.45) is 0.885. The normalized spacial score (nSPS) is 18.2. The molecule has 6 heteroatoms. The van der Waals surface area contributed by atoms with Crippen LogP contribution in [0.5, 0.6) is 0 Å². The van der Waals surface area contributed by atoms with Crippen molar-refractivity contribution >= 4 is 15.7 Å². The van der Waals surface area contributed by atoms with Crippen molar-refractivity contribution in [3.63, 3.8) is 0 Å². The van der Waals surface area contributed by atoms with Crippen LogP contribution < -0.4 is 5.32 Å². The number of nitrogens with one attached hydrogen (secondary N) is 1. The van der Waals surface area contributed by atoms with Crippen LogP contribution in [0.25, 0.3) is 0 Å². The van der Waals surface area contributed by atoms with Crippen molar-refractivity contribution in [2.24, 2.45) is 5.92 Å². The van der Waals surface area contributed by atoms with Crippen LogP contribution in [0.4, 0.5) is 0 Å². The third-order valence-corrected chi connectivity index (χ3v) is 4.48. The van der Waals surface area contributed by atoms with Gasteiger partial charge in [-0.15, -0.1) is 0 Å². The molecule has 100 valence electrons. The number of sulfone groups is 1.